The molecule has 0 radical (unpaired) electrons. The van der Waals surface area contributed by atoms with Crippen molar-refractivity contribution in [1.29, 1.82) is 0 Å². The van der Waals surface area contributed by atoms with E-state index in [-0.39, 0.29) is 17.9 Å². The van der Waals surface area contributed by atoms with Gasteiger partial charge in [0.2, 0.25) is 5.95 Å². The highest BCUT2D eigenvalue weighted by molar-refractivity contribution is 6.42. The zero-order valence-electron chi connectivity index (χ0n) is 28.2. The van der Waals surface area contributed by atoms with E-state index < -0.39 is 0 Å². The number of nitrogens with zero attached hydrogens (tertiary/aromatic N) is 8. The average Bonchev–Trinajstić information content (AvgIpc) is 3.73. The number of imidazole rings is 1. The number of benzene rings is 3. The summed E-state index contributed by atoms with van der Waals surface area (Å²) in [6.45, 7) is 7.94. The number of carbonyl (C=O) groups is 1. The van der Waals surface area contributed by atoms with Crippen LogP contribution in [0.1, 0.15) is 53.2 Å². The number of likely N-dealkylation sites (N-methyl/N-ethyl adjacent to an activating group) is 1. The summed E-state index contributed by atoms with van der Waals surface area (Å²) >= 11 is 12.8. The highest BCUT2D eigenvalue weighted by Crippen LogP contribution is 2.32. The number of hydrogen-bond donors (Lipinski definition) is 0. The lowest BCUT2D eigenvalue weighted by Gasteiger charge is -2.28. The molecule has 2 unspecified atom stereocenters. The number of para-hydroxylation sites is 2. The van der Waals surface area contributed by atoms with Crippen molar-refractivity contribution in [3.8, 4) is 5.75 Å². The molecule has 4 aromatic rings. The maximum atomic E-state index is 13.9. The Kier molecular flexibility index (Phi) is 11.3. The largest absolute Gasteiger partial charge is 0.496 e. The Hall–Kier alpha value is -4.25. The molecule has 1 saturated heterocycles. The Balaban J connectivity index is 1.17. The van der Waals surface area contributed by atoms with Gasteiger partial charge in [-0.1, -0.05) is 59.6 Å². The van der Waals surface area contributed by atoms with Crippen molar-refractivity contribution in [2.24, 2.45) is 15.4 Å². The van der Waals surface area contributed by atoms with Gasteiger partial charge in [0.1, 0.15) is 11.8 Å². The normalized spacial score (nSPS) is 17.2. The Bertz CT molecular complexity index is 1860. The fourth-order valence-corrected chi connectivity index (χ4v) is 6.92. The van der Waals surface area contributed by atoms with E-state index in [4.69, 9.17) is 32.9 Å². The lowest BCUT2D eigenvalue weighted by Crippen LogP contribution is -2.35. The molecule has 1 amide bonds. The van der Waals surface area contributed by atoms with E-state index in [1.54, 1.807) is 24.3 Å². The third-order valence-electron chi connectivity index (χ3n) is 9.31. The van der Waals surface area contributed by atoms with Gasteiger partial charge in [-0.2, -0.15) is 5.11 Å². The first kappa shape index (κ1) is 34.6. The number of aromatic nitrogens is 2. The number of rotatable bonds is 12. The summed E-state index contributed by atoms with van der Waals surface area (Å²) < 4.78 is 7.90. The lowest BCUT2D eigenvalue weighted by molar-refractivity contribution is 0.0779. The van der Waals surface area contributed by atoms with E-state index in [1.807, 2.05) is 43.4 Å². The van der Waals surface area contributed by atoms with Crippen molar-refractivity contribution in [2.75, 3.05) is 58.3 Å². The molecule has 6 rings (SSSR count). The van der Waals surface area contributed by atoms with Crippen molar-refractivity contribution in [3.63, 3.8) is 0 Å². The molecule has 2 aliphatic rings. The predicted octanol–water partition coefficient (Wildman–Crippen LogP) is 7.88. The fourth-order valence-electron chi connectivity index (χ4n) is 6.61. The summed E-state index contributed by atoms with van der Waals surface area (Å²) in [5.74, 6) is 1.42. The molecule has 2 aliphatic heterocycles. The molecule has 0 saturated carbocycles. The molecule has 0 bridgehead atoms. The van der Waals surface area contributed by atoms with Crippen molar-refractivity contribution in [3.05, 3.63) is 99.6 Å². The summed E-state index contributed by atoms with van der Waals surface area (Å²) in [5, 5.41) is 12.7. The molecule has 256 valence electrons. The van der Waals surface area contributed by atoms with Crippen LogP contribution in [0.5, 0.6) is 5.75 Å². The SMILES string of the molecule is C/C=C/Cn1c(N2CCCN(CCC(CN(C)C(=O)c3cc(C4C=NN=N4)ccc3OC)c3ccc(Cl)c(Cl)c3)CC2)nc2ccccc21. The third kappa shape index (κ3) is 7.98. The Morgan fingerprint density at radius 1 is 1.06 bits per heavy atom. The first-order chi connectivity index (χ1) is 23.9. The number of fused-ring (bicyclic) bond motifs is 1. The van der Waals surface area contributed by atoms with Gasteiger partial charge < -0.3 is 24.0 Å². The second-order valence-corrected chi connectivity index (χ2v) is 13.3. The second kappa shape index (κ2) is 16.0. The monoisotopic (exact) mass is 700 g/mol. The molecular formula is C37H42Cl2N8O2. The number of allylic oxidation sites excluding steroid dienone is 2. The van der Waals surface area contributed by atoms with Crippen LogP contribution in [0, 0.1) is 0 Å². The second-order valence-electron chi connectivity index (χ2n) is 12.5. The number of methoxy groups -OCH3 is 1. The van der Waals surface area contributed by atoms with Crippen LogP contribution in [0.25, 0.3) is 11.0 Å². The van der Waals surface area contributed by atoms with Crippen LogP contribution in [0.4, 0.5) is 5.95 Å². The zero-order chi connectivity index (χ0) is 34.3. The molecule has 0 spiro atoms. The first-order valence-electron chi connectivity index (χ1n) is 16.7. The van der Waals surface area contributed by atoms with Gasteiger partial charge in [0.05, 0.1) is 40.0 Å². The molecule has 0 N–H and O–H groups in total. The van der Waals surface area contributed by atoms with Gasteiger partial charge in [0.15, 0.2) is 0 Å². The van der Waals surface area contributed by atoms with Crippen LogP contribution in [0.3, 0.4) is 0 Å². The van der Waals surface area contributed by atoms with Gasteiger partial charge >= 0.3 is 0 Å². The first-order valence-corrected chi connectivity index (χ1v) is 17.5. The van der Waals surface area contributed by atoms with Gasteiger partial charge in [-0.25, -0.2) is 4.98 Å². The van der Waals surface area contributed by atoms with Gasteiger partial charge in [-0.3, -0.25) is 4.79 Å². The molecule has 10 nitrogen and oxygen atoms in total. The Morgan fingerprint density at radius 3 is 2.69 bits per heavy atom. The quantitative estimate of drug-likeness (QED) is 0.140. The number of anilines is 1. The topological polar surface area (TPSA) is 90.9 Å². The minimum absolute atomic E-state index is 0.0260. The summed E-state index contributed by atoms with van der Waals surface area (Å²) in [6, 6.07) is 19.3. The van der Waals surface area contributed by atoms with Crippen LogP contribution in [-0.2, 0) is 6.54 Å². The lowest BCUT2D eigenvalue weighted by atomic mass is 9.94. The summed E-state index contributed by atoms with van der Waals surface area (Å²) in [7, 11) is 3.40. The van der Waals surface area contributed by atoms with E-state index >= 15 is 0 Å². The predicted molar refractivity (Wildman–Crippen MR) is 198 cm³/mol. The maximum Gasteiger partial charge on any atom is 0.257 e. The summed E-state index contributed by atoms with van der Waals surface area (Å²) in [5.41, 5.74) is 4.53. The Labute approximate surface area is 297 Å². The maximum absolute atomic E-state index is 13.9. The van der Waals surface area contributed by atoms with Crippen LogP contribution >= 0.6 is 23.2 Å². The van der Waals surface area contributed by atoms with Crippen LogP contribution in [0.2, 0.25) is 10.0 Å². The minimum Gasteiger partial charge on any atom is -0.496 e. The van der Waals surface area contributed by atoms with Crippen molar-refractivity contribution >= 4 is 52.3 Å². The van der Waals surface area contributed by atoms with Crippen LogP contribution in [0.15, 0.2) is 88.3 Å². The van der Waals surface area contributed by atoms with E-state index in [0.29, 0.717) is 27.9 Å². The standard InChI is InChI=1S/C37H42Cl2N8O2/c1-4-5-18-47-34-10-7-6-9-32(34)41-37(47)46-17-8-16-45(20-21-46)19-15-28(26-11-13-30(38)31(39)23-26)25-44(2)36(48)29-22-27(12-14-35(29)49-3)33-24-40-43-42-33/h4-7,9-14,22-24,28,33H,8,15-21,25H2,1-3H3/b5-4+. The average molecular weight is 702 g/mol. The number of carbonyl (C=O) groups excluding carboxylic acids is 1. The number of halogens is 2. The molecule has 3 heterocycles. The van der Waals surface area contributed by atoms with Gasteiger partial charge in [0.25, 0.3) is 5.91 Å². The highest BCUT2D eigenvalue weighted by atomic mass is 35.5. The third-order valence-corrected chi connectivity index (χ3v) is 10.0. The zero-order valence-corrected chi connectivity index (χ0v) is 29.7. The van der Waals surface area contributed by atoms with Crippen LogP contribution < -0.4 is 9.64 Å². The highest BCUT2D eigenvalue weighted by Gasteiger charge is 2.26. The van der Waals surface area contributed by atoms with Crippen LogP contribution in [-0.4, -0.2) is 84.9 Å². The Morgan fingerprint density at radius 2 is 1.92 bits per heavy atom. The smallest absolute Gasteiger partial charge is 0.257 e. The van der Waals surface area contributed by atoms with Crippen molar-refractivity contribution < 1.29 is 9.53 Å². The molecular weight excluding hydrogens is 659 g/mol. The van der Waals surface area contributed by atoms with Crippen molar-refractivity contribution in [1.82, 2.24) is 19.4 Å². The van der Waals surface area contributed by atoms with E-state index in [2.05, 4.69) is 67.1 Å². The molecule has 0 aliphatic carbocycles. The molecule has 3 aromatic carbocycles. The van der Waals surface area contributed by atoms with Gasteiger partial charge in [-0.15, -0.1) is 5.10 Å². The molecule has 2 atom stereocenters. The number of ether oxygens (including phenoxy) is 1. The van der Waals surface area contributed by atoms with Gasteiger partial charge in [0, 0.05) is 45.7 Å². The summed E-state index contributed by atoms with van der Waals surface area (Å²) in [6.07, 6.45) is 7.79. The molecule has 1 fully saturated rings. The molecule has 49 heavy (non-hydrogen) atoms. The van der Waals surface area contributed by atoms with E-state index in [9.17, 15) is 4.79 Å². The minimum atomic E-state index is -0.316. The summed E-state index contributed by atoms with van der Waals surface area (Å²) in [4.78, 5) is 25.7. The number of amides is 1. The number of hydrogen-bond acceptors (Lipinski definition) is 8. The van der Waals surface area contributed by atoms with E-state index in [1.165, 1.54) is 0 Å². The molecule has 12 heteroatoms. The molecule has 1 aromatic heterocycles. The fraction of sp³-hybridized carbons (Fsp3) is 0.378. The van der Waals surface area contributed by atoms with E-state index in [0.717, 1.165) is 80.2 Å². The van der Waals surface area contributed by atoms with Crippen molar-refractivity contribution in [2.45, 2.75) is 38.3 Å². The van der Waals surface area contributed by atoms with Gasteiger partial charge in [-0.05, 0) is 85.6 Å².